The zero-order chi connectivity index (χ0) is 17.2. The van der Waals surface area contributed by atoms with E-state index in [-0.39, 0.29) is 5.91 Å². The van der Waals surface area contributed by atoms with Gasteiger partial charge in [-0.1, -0.05) is 29.8 Å². The van der Waals surface area contributed by atoms with E-state index in [1.807, 2.05) is 49.1 Å². The van der Waals surface area contributed by atoms with Crippen LogP contribution in [-0.2, 0) is 16.9 Å². The van der Waals surface area contributed by atoms with Crippen molar-refractivity contribution in [1.82, 2.24) is 19.4 Å². The highest BCUT2D eigenvalue weighted by Gasteiger charge is 2.44. The molecular formula is C18H23ClN4O. The molecule has 1 aromatic heterocycles. The Hall–Kier alpha value is -1.85. The third kappa shape index (κ3) is 3.19. The zero-order valence-corrected chi connectivity index (χ0v) is 14.9. The number of piperidine rings is 1. The lowest BCUT2D eigenvalue weighted by Gasteiger charge is -2.43. The molecule has 1 amide bonds. The van der Waals surface area contributed by atoms with Crippen molar-refractivity contribution in [3.05, 3.63) is 53.6 Å². The van der Waals surface area contributed by atoms with E-state index in [9.17, 15) is 4.79 Å². The van der Waals surface area contributed by atoms with Crippen molar-refractivity contribution in [3.63, 3.8) is 0 Å². The molecule has 2 heterocycles. The SMILES string of the molecule is CN(C)C(=O)C1(n2ccnc2)CCCN(Cc2ccccc2Cl)C1. The number of carbonyl (C=O) groups excluding carboxylic acids is 1. The van der Waals surface area contributed by atoms with E-state index in [4.69, 9.17) is 11.6 Å². The minimum absolute atomic E-state index is 0.115. The number of imidazole rings is 1. The van der Waals surface area contributed by atoms with Gasteiger partial charge in [-0.2, -0.15) is 0 Å². The molecule has 0 aliphatic carbocycles. The highest BCUT2D eigenvalue weighted by Crippen LogP contribution is 2.32. The van der Waals surface area contributed by atoms with E-state index in [2.05, 4.69) is 9.88 Å². The summed E-state index contributed by atoms with van der Waals surface area (Å²) in [6.45, 7) is 2.37. The summed E-state index contributed by atoms with van der Waals surface area (Å²) in [5.41, 5.74) is 0.498. The van der Waals surface area contributed by atoms with Crippen LogP contribution >= 0.6 is 11.6 Å². The van der Waals surface area contributed by atoms with Crippen molar-refractivity contribution < 1.29 is 4.79 Å². The van der Waals surface area contributed by atoms with E-state index in [1.54, 1.807) is 17.4 Å². The number of halogens is 1. The number of aromatic nitrogens is 2. The number of carbonyl (C=O) groups is 1. The summed E-state index contributed by atoms with van der Waals surface area (Å²) < 4.78 is 1.97. The average Bonchev–Trinajstić information content (AvgIpc) is 3.11. The summed E-state index contributed by atoms with van der Waals surface area (Å²) in [5.74, 6) is 0.115. The van der Waals surface area contributed by atoms with Gasteiger partial charge in [0.25, 0.3) is 0 Å². The van der Waals surface area contributed by atoms with Gasteiger partial charge in [0.05, 0.1) is 6.33 Å². The Morgan fingerprint density at radius 1 is 1.38 bits per heavy atom. The van der Waals surface area contributed by atoms with E-state index in [1.165, 1.54) is 0 Å². The van der Waals surface area contributed by atoms with Crippen LogP contribution in [0.1, 0.15) is 18.4 Å². The van der Waals surface area contributed by atoms with Crippen LogP contribution in [0.5, 0.6) is 0 Å². The fraction of sp³-hybridized carbons (Fsp3) is 0.444. The van der Waals surface area contributed by atoms with Crippen LogP contribution in [-0.4, -0.2) is 52.4 Å². The number of likely N-dealkylation sites (N-methyl/N-ethyl adjacent to an activating group) is 1. The second kappa shape index (κ2) is 6.95. The number of rotatable bonds is 4. The second-order valence-electron chi connectivity index (χ2n) is 6.61. The van der Waals surface area contributed by atoms with E-state index in [0.717, 1.165) is 36.5 Å². The fourth-order valence-corrected chi connectivity index (χ4v) is 3.75. The van der Waals surface area contributed by atoms with Crippen molar-refractivity contribution >= 4 is 17.5 Å². The van der Waals surface area contributed by atoms with Crippen LogP contribution in [0.4, 0.5) is 0 Å². The Bertz CT molecular complexity index is 701. The highest BCUT2D eigenvalue weighted by atomic mass is 35.5. The summed E-state index contributed by atoms with van der Waals surface area (Å²) in [5, 5.41) is 0.773. The quantitative estimate of drug-likeness (QED) is 0.854. The van der Waals surface area contributed by atoms with Gasteiger partial charge >= 0.3 is 0 Å². The Morgan fingerprint density at radius 2 is 2.17 bits per heavy atom. The maximum absolute atomic E-state index is 13.0. The van der Waals surface area contributed by atoms with Crippen LogP contribution in [0.25, 0.3) is 0 Å². The number of hydrogen-bond acceptors (Lipinski definition) is 3. The van der Waals surface area contributed by atoms with Crippen molar-refractivity contribution in [3.8, 4) is 0 Å². The first kappa shape index (κ1) is 17.0. The Balaban J connectivity index is 1.88. The maximum atomic E-state index is 13.0. The molecule has 1 saturated heterocycles. The van der Waals surface area contributed by atoms with Gasteiger partial charge in [0.1, 0.15) is 5.54 Å². The molecule has 0 N–H and O–H groups in total. The molecule has 128 valence electrons. The standard InChI is InChI=1S/C18H23ClN4O/c1-21(2)17(24)18(23-11-9-20-14-23)8-5-10-22(13-18)12-15-6-3-4-7-16(15)19/h3-4,6-7,9,11,14H,5,8,10,12-13H2,1-2H3. The fourth-order valence-electron chi connectivity index (χ4n) is 3.55. The minimum Gasteiger partial charge on any atom is -0.347 e. The topological polar surface area (TPSA) is 41.4 Å². The molecule has 1 atom stereocenters. The van der Waals surface area contributed by atoms with Gasteiger partial charge in [0.2, 0.25) is 5.91 Å². The molecule has 2 aromatic rings. The number of benzene rings is 1. The summed E-state index contributed by atoms with van der Waals surface area (Å²) in [6.07, 6.45) is 7.15. The first-order valence-electron chi connectivity index (χ1n) is 8.19. The smallest absolute Gasteiger partial charge is 0.249 e. The third-order valence-electron chi connectivity index (χ3n) is 4.70. The van der Waals surface area contributed by atoms with Gasteiger partial charge < -0.3 is 9.47 Å². The molecule has 0 saturated carbocycles. The average molecular weight is 347 g/mol. The molecule has 0 bridgehead atoms. The molecule has 0 spiro atoms. The Kier molecular flexibility index (Phi) is 4.92. The lowest BCUT2D eigenvalue weighted by atomic mass is 9.87. The second-order valence-corrected chi connectivity index (χ2v) is 7.01. The van der Waals surface area contributed by atoms with E-state index < -0.39 is 5.54 Å². The molecule has 1 unspecified atom stereocenters. The van der Waals surface area contributed by atoms with E-state index in [0.29, 0.717) is 6.54 Å². The third-order valence-corrected chi connectivity index (χ3v) is 5.07. The van der Waals surface area contributed by atoms with E-state index >= 15 is 0 Å². The van der Waals surface area contributed by atoms with Gasteiger partial charge in [-0.15, -0.1) is 0 Å². The molecule has 24 heavy (non-hydrogen) atoms. The predicted octanol–water partition coefficient (Wildman–Crippen LogP) is 2.62. The molecule has 5 nitrogen and oxygen atoms in total. The molecule has 3 rings (SSSR count). The molecule has 1 fully saturated rings. The lowest BCUT2D eigenvalue weighted by molar-refractivity contribution is -0.141. The van der Waals surface area contributed by atoms with Crippen molar-refractivity contribution in [1.29, 1.82) is 0 Å². The van der Waals surface area contributed by atoms with Crippen LogP contribution in [0.3, 0.4) is 0 Å². The van der Waals surface area contributed by atoms with Crippen molar-refractivity contribution in [2.24, 2.45) is 0 Å². The monoisotopic (exact) mass is 346 g/mol. The van der Waals surface area contributed by atoms with Crippen LogP contribution in [0.15, 0.2) is 43.0 Å². The highest BCUT2D eigenvalue weighted by molar-refractivity contribution is 6.31. The molecule has 1 aromatic carbocycles. The lowest BCUT2D eigenvalue weighted by Crippen LogP contribution is -2.57. The van der Waals surface area contributed by atoms with Gasteiger partial charge in [0.15, 0.2) is 0 Å². The number of nitrogens with zero attached hydrogens (tertiary/aromatic N) is 4. The minimum atomic E-state index is -0.598. The van der Waals surface area contributed by atoms with Crippen LogP contribution in [0.2, 0.25) is 5.02 Å². The summed E-state index contributed by atoms with van der Waals surface area (Å²) in [7, 11) is 3.63. The molecular weight excluding hydrogens is 324 g/mol. The zero-order valence-electron chi connectivity index (χ0n) is 14.2. The van der Waals surface area contributed by atoms with Gasteiger partial charge in [0, 0.05) is 44.6 Å². The first-order valence-corrected chi connectivity index (χ1v) is 8.57. The van der Waals surface area contributed by atoms with Crippen LogP contribution in [0, 0.1) is 0 Å². The summed E-state index contributed by atoms with van der Waals surface area (Å²) in [4.78, 5) is 21.2. The first-order chi connectivity index (χ1) is 11.5. The van der Waals surface area contributed by atoms with Gasteiger partial charge in [-0.25, -0.2) is 4.98 Å². The maximum Gasteiger partial charge on any atom is 0.249 e. The largest absolute Gasteiger partial charge is 0.347 e. The predicted molar refractivity (Wildman–Crippen MR) is 94.9 cm³/mol. The number of amides is 1. The molecule has 0 radical (unpaired) electrons. The normalized spacial score (nSPS) is 21.6. The summed E-state index contributed by atoms with van der Waals surface area (Å²) in [6, 6.07) is 7.89. The molecule has 6 heteroatoms. The Labute approximate surface area is 147 Å². The Morgan fingerprint density at radius 3 is 2.83 bits per heavy atom. The van der Waals surface area contributed by atoms with Crippen LogP contribution < -0.4 is 0 Å². The van der Waals surface area contributed by atoms with Gasteiger partial charge in [-0.05, 0) is 31.0 Å². The van der Waals surface area contributed by atoms with Gasteiger partial charge in [-0.3, -0.25) is 9.69 Å². The van der Waals surface area contributed by atoms with Crippen molar-refractivity contribution in [2.45, 2.75) is 24.9 Å². The molecule has 1 aliphatic heterocycles. The summed E-state index contributed by atoms with van der Waals surface area (Å²) >= 11 is 6.31. The molecule has 1 aliphatic rings. The number of likely N-dealkylation sites (tertiary alicyclic amines) is 1. The number of hydrogen-bond donors (Lipinski definition) is 0. The van der Waals surface area contributed by atoms with Crippen molar-refractivity contribution in [2.75, 3.05) is 27.2 Å².